The first-order valence-corrected chi connectivity index (χ1v) is 3.70. The summed E-state index contributed by atoms with van der Waals surface area (Å²) in [6.45, 7) is 0. The van der Waals surface area contributed by atoms with Crippen molar-refractivity contribution in [3.8, 4) is 0 Å². The summed E-state index contributed by atoms with van der Waals surface area (Å²) < 4.78 is 0.970. The fourth-order valence-corrected chi connectivity index (χ4v) is 0.938. The molecule has 0 fully saturated rings. The monoisotopic (exact) mass is 214 g/mol. The second-order valence-corrected chi connectivity index (χ2v) is 2.50. The average molecular weight is 214 g/mol. The van der Waals surface area contributed by atoms with Gasteiger partial charge in [0.1, 0.15) is 12.4 Å². The second kappa shape index (κ2) is 3.74. The van der Waals surface area contributed by atoms with Gasteiger partial charge in [0.15, 0.2) is 0 Å². The zero-order valence-electron chi connectivity index (χ0n) is 7.54. The third-order valence-electron chi connectivity index (χ3n) is 1.64. The molecule has 0 spiro atoms. The first-order chi connectivity index (χ1) is 6.97. The van der Waals surface area contributed by atoms with Gasteiger partial charge in [0.2, 0.25) is 0 Å². The van der Waals surface area contributed by atoms with Crippen LogP contribution in [0.2, 0.25) is 0 Å². The van der Waals surface area contributed by atoms with Gasteiger partial charge in [-0.3, -0.25) is 29.7 Å². The predicted molar refractivity (Wildman–Crippen MR) is 49.3 cm³/mol. The van der Waals surface area contributed by atoms with E-state index in [1.807, 2.05) is 0 Å². The van der Waals surface area contributed by atoms with E-state index in [1.54, 1.807) is 0 Å². The molecule has 0 aromatic carbocycles. The molecule has 0 amide bonds. The summed E-state index contributed by atoms with van der Waals surface area (Å²) in [5.41, 5.74) is -0.495. The number of aromatic nitrogens is 1. The molecule has 0 saturated carbocycles. The first kappa shape index (κ1) is 10.6. The summed E-state index contributed by atoms with van der Waals surface area (Å²) >= 11 is 0. The molecule has 1 rings (SSSR count). The van der Waals surface area contributed by atoms with Crippen LogP contribution in [0, 0.1) is 20.2 Å². The van der Waals surface area contributed by atoms with Crippen molar-refractivity contribution in [2.75, 3.05) is 12.5 Å². The van der Waals surface area contributed by atoms with Crippen molar-refractivity contribution in [2.24, 2.45) is 0 Å². The van der Waals surface area contributed by atoms with Gasteiger partial charge in [-0.1, -0.05) is 0 Å². The lowest BCUT2D eigenvalue weighted by Gasteiger charge is -2.03. The number of rotatable bonds is 3. The maximum Gasteiger partial charge on any atom is 0.341 e. The summed E-state index contributed by atoms with van der Waals surface area (Å²) in [4.78, 5) is 30.1. The van der Waals surface area contributed by atoms with Crippen molar-refractivity contribution in [1.29, 1.82) is 0 Å². The zero-order chi connectivity index (χ0) is 11.6. The van der Waals surface area contributed by atoms with Crippen molar-refractivity contribution in [2.45, 2.75) is 0 Å². The number of pyridine rings is 1. The largest absolute Gasteiger partial charge is 0.341 e. The Morgan fingerprint density at radius 3 is 1.87 bits per heavy atom. The highest BCUT2D eigenvalue weighted by Gasteiger charge is 2.24. The molecule has 9 heteroatoms. The molecule has 0 aliphatic heterocycles. The van der Waals surface area contributed by atoms with Crippen molar-refractivity contribution < 1.29 is 9.85 Å². The van der Waals surface area contributed by atoms with Crippen molar-refractivity contribution >= 4 is 11.4 Å². The van der Waals surface area contributed by atoms with E-state index in [0.29, 0.717) is 0 Å². The van der Waals surface area contributed by atoms with E-state index in [2.05, 4.69) is 5.43 Å². The number of nitrogens with one attached hydrogen (secondary N) is 1. The Hall–Kier alpha value is -2.45. The Kier molecular flexibility index (Phi) is 2.65. The number of nitro groups is 2. The smallest absolute Gasteiger partial charge is 0.329 e. The van der Waals surface area contributed by atoms with E-state index in [-0.39, 0.29) is 0 Å². The highest BCUT2D eigenvalue weighted by Crippen LogP contribution is 2.10. The van der Waals surface area contributed by atoms with Gasteiger partial charge < -0.3 is 5.43 Å². The van der Waals surface area contributed by atoms with Gasteiger partial charge in [-0.15, -0.1) is 0 Å². The SMILES string of the molecule is CNn1cc([N+](=O)[O-])c(=O)c([N+](=O)[O-])c1. The molecule has 15 heavy (non-hydrogen) atoms. The lowest BCUT2D eigenvalue weighted by molar-refractivity contribution is -0.397. The minimum Gasteiger partial charge on any atom is -0.329 e. The van der Waals surface area contributed by atoms with Crippen LogP contribution < -0.4 is 10.9 Å². The Bertz CT molecular complexity index is 441. The van der Waals surface area contributed by atoms with Gasteiger partial charge >= 0.3 is 16.8 Å². The summed E-state index contributed by atoms with van der Waals surface area (Å²) in [5, 5.41) is 20.8. The van der Waals surface area contributed by atoms with Crippen LogP contribution in [0.1, 0.15) is 0 Å². The average Bonchev–Trinajstić information content (AvgIpc) is 2.17. The summed E-state index contributed by atoms with van der Waals surface area (Å²) in [7, 11) is 1.40. The van der Waals surface area contributed by atoms with E-state index >= 15 is 0 Å². The van der Waals surface area contributed by atoms with Crippen molar-refractivity contribution in [3.63, 3.8) is 0 Å². The molecule has 0 bridgehead atoms. The van der Waals surface area contributed by atoms with Gasteiger partial charge in [-0.05, 0) is 0 Å². The van der Waals surface area contributed by atoms with Crippen LogP contribution in [0.3, 0.4) is 0 Å². The third kappa shape index (κ3) is 1.90. The molecule has 1 N–H and O–H groups in total. The van der Waals surface area contributed by atoms with Crippen LogP contribution >= 0.6 is 0 Å². The fraction of sp³-hybridized carbons (Fsp3) is 0.167. The molecule has 1 aromatic heterocycles. The van der Waals surface area contributed by atoms with Crippen molar-refractivity contribution in [3.05, 3.63) is 42.8 Å². The molecule has 1 aromatic rings. The summed E-state index contributed by atoms with van der Waals surface area (Å²) in [5.74, 6) is 0. The lowest BCUT2D eigenvalue weighted by Crippen LogP contribution is -2.19. The van der Waals surface area contributed by atoms with E-state index in [1.165, 1.54) is 7.05 Å². The third-order valence-corrected chi connectivity index (χ3v) is 1.64. The number of hydrogen-bond donors (Lipinski definition) is 1. The second-order valence-electron chi connectivity index (χ2n) is 2.50. The summed E-state index contributed by atoms with van der Waals surface area (Å²) in [6.07, 6.45) is 1.74. The molecule has 0 saturated heterocycles. The molecule has 0 radical (unpaired) electrons. The first-order valence-electron chi connectivity index (χ1n) is 3.70. The number of nitrogens with zero attached hydrogens (tertiary/aromatic N) is 3. The van der Waals surface area contributed by atoms with E-state index < -0.39 is 26.7 Å². The maximum absolute atomic E-state index is 11.2. The minimum atomic E-state index is -1.21. The topological polar surface area (TPSA) is 120 Å². The molecule has 1 heterocycles. The maximum atomic E-state index is 11.2. The van der Waals surface area contributed by atoms with Gasteiger partial charge in [0.25, 0.3) is 0 Å². The standard InChI is InChI=1S/C6H6N4O5/c1-7-8-2-4(9(12)13)6(11)5(3-8)10(14)15/h2-3,7H,1H3. The molecule has 0 unspecified atom stereocenters. The predicted octanol–water partition coefficient (Wildman–Crippen LogP) is -0.162. The van der Waals surface area contributed by atoms with E-state index in [9.17, 15) is 25.0 Å². The van der Waals surface area contributed by atoms with Crippen LogP contribution in [-0.4, -0.2) is 21.6 Å². The van der Waals surface area contributed by atoms with Gasteiger partial charge in [-0.2, -0.15) is 0 Å². The highest BCUT2D eigenvalue weighted by atomic mass is 16.6. The van der Waals surface area contributed by atoms with Crippen LogP contribution in [0.15, 0.2) is 17.2 Å². The zero-order valence-corrected chi connectivity index (χ0v) is 7.54. The minimum absolute atomic E-state index is 0.849. The van der Waals surface area contributed by atoms with Crippen LogP contribution in [0.25, 0.3) is 0 Å². The summed E-state index contributed by atoms with van der Waals surface area (Å²) in [6, 6.07) is 0. The quantitative estimate of drug-likeness (QED) is 0.551. The van der Waals surface area contributed by atoms with E-state index in [0.717, 1.165) is 17.1 Å². The Labute approximate surface area is 82.2 Å². The molecule has 0 aliphatic rings. The lowest BCUT2D eigenvalue weighted by atomic mass is 10.3. The van der Waals surface area contributed by atoms with Crippen LogP contribution in [0.4, 0.5) is 11.4 Å². The molecule has 9 nitrogen and oxygen atoms in total. The molecular weight excluding hydrogens is 208 g/mol. The number of hydrogen-bond acceptors (Lipinski definition) is 6. The van der Waals surface area contributed by atoms with Gasteiger partial charge in [0.05, 0.1) is 9.85 Å². The van der Waals surface area contributed by atoms with E-state index in [4.69, 9.17) is 0 Å². The fourth-order valence-electron chi connectivity index (χ4n) is 0.938. The normalized spacial score (nSPS) is 9.67. The van der Waals surface area contributed by atoms with Gasteiger partial charge in [0, 0.05) is 7.05 Å². The van der Waals surface area contributed by atoms with Gasteiger partial charge in [-0.25, -0.2) is 0 Å². The van der Waals surface area contributed by atoms with Crippen molar-refractivity contribution in [1.82, 2.24) is 4.68 Å². The molecular formula is C6H6N4O5. The molecule has 0 atom stereocenters. The molecule has 0 aliphatic carbocycles. The van der Waals surface area contributed by atoms with Crippen LogP contribution in [-0.2, 0) is 0 Å². The Balaban J connectivity index is 3.54. The Morgan fingerprint density at radius 1 is 1.20 bits per heavy atom. The highest BCUT2D eigenvalue weighted by molar-refractivity contribution is 5.39. The Morgan fingerprint density at radius 2 is 1.60 bits per heavy atom. The molecule has 80 valence electrons. The van der Waals surface area contributed by atoms with Crippen LogP contribution in [0.5, 0.6) is 0 Å².